The maximum absolute atomic E-state index is 4.50. The summed E-state index contributed by atoms with van der Waals surface area (Å²) in [6, 6.07) is 0. The van der Waals surface area contributed by atoms with Crippen LogP contribution in [0.5, 0.6) is 0 Å². The summed E-state index contributed by atoms with van der Waals surface area (Å²) < 4.78 is 0. The second-order valence-electron chi connectivity index (χ2n) is 2.89. The van der Waals surface area contributed by atoms with Gasteiger partial charge in [-0.1, -0.05) is 47.0 Å². The van der Waals surface area contributed by atoms with Crippen molar-refractivity contribution >= 4 is 0 Å². The normalized spacial score (nSPS) is 27.8. The molecule has 1 aliphatic rings. The van der Waals surface area contributed by atoms with Crippen LogP contribution in [0.15, 0.2) is 0 Å². The Morgan fingerprint density at radius 3 is 1.27 bits per heavy atom. The highest BCUT2D eigenvalue weighted by molar-refractivity contribution is 4.69. The highest BCUT2D eigenvalue weighted by Gasteiger charge is 2.17. The van der Waals surface area contributed by atoms with E-state index in [9.17, 15) is 0 Å². The zero-order valence-corrected chi connectivity index (χ0v) is 8.85. The molecule has 1 heteroatoms. The molecule has 1 aliphatic carbocycles. The third-order valence-electron chi connectivity index (χ3n) is 2.29. The summed E-state index contributed by atoms with van der Waals surface area (Å²) in [5.74, 6) is 2.03. The van der Waals surface area contributed by atoms with Crippen LogP contribution < -0.4 is 5.73 Å². The van der Waals surface area contributed by atoms with E-state index < -0.39 is 0 Å². The van der Waals surface area contributed by atoms with Crippen molar-refractivity contribution in [3.05, 3.63) is 0 Å². The Labute approximate surface area is 72.4 Å². The summed E-state index contributed by atoms with van der Waals surface area (Å²) in [5.41, 5.74) is 4.50. The Hall–Kier alpha value is -0.0400. The van der Waals surface area contributed by atoms with Crippen LogP contribution in [-0.2, 0) is 0 Å². The molecule has 2 N–H and O–H groups in total. The van der Waals surface area contributed by atoms with Gasteiger partial charge in [-0.25, -0.2) is 0 Å². The summed E-state index contributed by atoms with van der Waals surface area (Å²) in [4.78, 5) is 0. The monoisotopic (exact) mass is 159 g/mol. The lowest BCUT2D eigenvalue weighted by molar-refractivity contribution is 0.457. The molecule has 0 aromatic heterocycles. The quantitative estimate of drug-likeness (QED) is 0.577. The molecular weight excluding hydrogens is 134 g/mol. The van der Waals surface area contributed by atoms with Gasteiger partial charge in [-0.2, -0.15) is 0 Å². The first kappa shape index (κ1) is 13.5. The summed E-state index contributed by atoms with van der Waals surface area (Å²) in [7, 11) is 1.50. The van der Waals surface area contributed by atoms with E-state index in [0.717, 1.165) is 11.8 Å². The van der Waals surface area contributed by atoms with Gasteiger partial charge in [0.25, 0.3) is 0 Å². The number of hydrogen-bond acceptors (Lipinski definition) is 1. The van der Waals surface area contributed by atoms with Crippen molar-refractivity contribution in [1.82, 2.24) is 0 Å². The summed E-state index contributed by atoms with van der Waals surface area (Å²) >= 11 is 0. The van der Waals surface area contributed by atoms with Crippen molar-refractivity contribution in [1.29, 1.82) is 0 Å². The molecule has 0 spiro atoms. The van der Waals surface area contributed by atoms with Crippen LogP contribution in [0.2, 0.25) is 0 Å². The van der Waals surface area contributed by atoms with Gasteiger partial charge in [0.1, 0.15) is 0 Å². The highest BCUT2D eigenvalue weighted by atomic mass is 14.4. The molecule has 2 unspecified atom stereocenters. The van der Waals surface area contributed by atoms with Gasteiger partial charge in [0.2, 0.25) is 0 Å². The summed E-state index contributed by atoms with van der Waals surface area (Å²) in [6.45, 7) is 8.72. The molecule has 70 valence electrons. The Balaban J connectivity index is 0. The molecule has 1 saturated carbocycles. The standard InChI is InChI=1S/C7H14.C2H6.CH5N/c1-6-4-3-5-7(6)2;2*1-2/h6-7H,3-5H2,1-2H3;1-2H3;2H2,1H3. The summed E-state index contributed by atoms with van der Waals surface area (Å²) in [6.07, 6.45) is 4.42. The minimum Gasteiger partial charge on any atom is -0.333 e. The van der Waals surface area contributed by atoms with Gasteiger partial charge in [-0.05, 0) is 18.9 Å². The minimum atomic E-state index is 1.01. The van der Waals surface area contributed by atoms with Crippen LogP contribution in [0.3, 0.4) is 0 Å². The van der Waals surface area contributed by atoms with E-state index in [1.54, 1.807) is 0 Å². The molecular formula is C10H25N. The van der Waals surface area contributed by atoms with Crippen LogP contribution in [0.4, 0.5) is 0 Å². The highest BCUT2D eigenvalue weighted by Crippen LogP contribution is 2.29. The van der Waals surface area contributed by atoms with Gasteiger partial charge < -0.3 is 5.73 Å². The first-order valence-electron chi connectivity index (χ1n) is 4.88. The predicted octanol–water partition coefficient (Wildman–Crippen LogP) is 3.04. The Morgan fingerprint density at radius 2 is 1.18 bits per heavy atom. The van der Waals surface area contributed by atoms with Crippen LogP contribution in [0, 0.1) is 11.8 Å². The number of hydrogen-bond donors (Lipinski definition) is 1. The second kappa shape index (κ2) is 9.96. The van der Waals surface area contributed by atoms with Crippen molar-refractivity contribution in [2.24, 2.45) is 17.6 Å². The van der Waals surface area contributed by atoms with Crippen LogP contribution in [0.1, 0.15) is 47.0 Å². The van der Waals surface area contributed by atoms with E-state index in [2.05, 4.69) is 19.6 Å². The largest absolute Gasteiger partial charge is 0.333 e. The molecule has 1 nitrogen and oxygen atoms in total. The maximum atomic E-state index is 4.50. The van der Waals surface area contributed by atoms with Crippen molar-refractivity contribution in [2.45, 2.75) is 47.0 Å². The predicted molar refractivity (Wildman–Crippen MR) is 53.6 cm³/mol. The van der Waals surface area contributed by atoms with E-state index in [1.807, 2.05) is 13.8 Å². The summed E-state index contributed by atoms with van der Waals surface area (Å²) in [5, 5.41) is 0. The molecule has 0 radical (unpaired) electrons. The molecule has 1 fully saturated rings. The van der Waals surface area contributed by atoms with Gasteiger partial charge >= 0.3 is 0 Å². The molecule has 0 aliphatic heterocycles. The number of rotatable bonds is 0. The van der Waals surface area contributed by atoms with E-state index >= 15 is 0 Å². The van der Waals surface area contributed by atoms with E-state index in [1.165, 1.54) is 26.3 Å². The fourth-order valence-corrected chi connectivity index (χ4v) is 1.33. The van der Waals surface area contributed by atoms with Crippen molar-refractivity contribution in [3.63, 3.8) is 0 Å². The molecule has 0 saturated heterocycles. The van der Waals surface area contributed by atoms with Gasteiger partial charge in [0.05, 0.1) is 0 Å². The van der Waals surface area contributed by atoms with Gasteiger partial charge in [0.15, 0.2) is 0 Å². The minimum absolute atomic E-state index is 1.01. The average molecular weight is 159 g/mol. The average Bonchev–Trinajstić information content (AvgIpc) is 2.44. The third kappa shape index (κ3) is 6.36. The van der Waals surface area contributed by atoms with Gasteiger partial charge in [-0.15, -0.1) is 0 Å². The molecule has 0 heterocycles. The van der Waals surface area contributed by atoms with Crippen molar-refractivity contribution < 1.29 is 0 Å². The smallest absolute Gasteiger partial charge is 0.0195 e. The van der Waals surface area contributed by atoms with Crippen molar-refractivity contribution in [3.8, 4) is 0 Å². The van der Waals surface area contributed by atoms with Crippen LogP contribution >= 0.6 is 0 Å². The SMILES string of the molecule is CC.CC1CCCC1C.CN. The van der Waals surface area contributed by atoms with Crippen LogP contribution in [-0.4, -0.2) is 7.05 Å². The molecule has 11 heavy (non-hydrogen) atoms. The fourth-order valence-electron chi connectivity index (χ4n) is 1.33. The van der Waals surface area contributed by atoms with E-state index in [-0.39, 0.29) is 0 Å². The Morgan fingerprint density at radius 1 is 0.909 bits per heavy atom. The van der Waals surface area contributed by atoms with E-state index in [0.29, 0.717) is 0 Å². The molecule has 0 bridgehead atoms. The molecule has 0 aromatic rings. The van der Waals surface area contributed by atoms with Crippen LogP contribution in [0.25, 0.3) is 0 Å². The number of nitrogens with two attached hydrogens (primary N) is 1. The topological polar surface area (TPSA) is 26.0 Å². The zero-order chi connectivity index (χ0) is 9.28. The first-order chi connectivity index (χ1) is 5.30. The Bertz CT molecular complexity index is 53.9. The second-order valence-corrected chi connectivity index (χ2v) is 2.89. The molecule has 0 aromatic carbocycles. The molecule has 2 atom stereocenters. The lowest BCUT2D eigenvalue weighted by Crippen LogP contribution is -1.95. The van der Waals surface area contributed by atoms with Crippen molar-refractivity contribution in [2.75, 3.05) is 7.05 Å². The lowest BCUT2D eigenvalue weighted by atomic mass is 10.0. The van der Waals surface area contributed by atoms with Gasteiger partial charge in [0, 0.05) is 0 Å². The van der Waals surface area contributed by atoms with Gasteiger partial charge in [-0.3, -0.25) is 0 Å². The molecule has 1 rings (SSSR count). The maximum Gasteiger partial charge on any atom is -0.0195 e. The Kier molecular flexibility index (Phi) is 12.3. The lowest BCUT2D eigenvalue weighted by Gasteiger charge is -2.05. The zero-order valence-electron chi connectivity index (χ0n) is 8.85. The van der Waals surface area contributed by atoms with E-state index in [4.69, 9.17) is 0 Å². The first-order valence-corrected chi connectivity index (χ1v) is 4.88. The fraction of sp³-hybridized carbons (Fsp3) is 1.00. The third-order valence-corrected chi connectivity index (χ3v) is 2.29. The molecule has 0 amide bonds.